The predicted octanol–water partition coefficient (Wildman–Crippen LogP) is 3.60. The molecule has 0 amide bonds. The summed E-state index contributed by atoms with van der Waals surface area (Å²) in [6.07, 6.45) is -7.03. The molecule has 0 unspecified atom stereocenters. The highest BCUT2D eigenvalue weighted by atomic mass is 32.2. The minimum atomic E-state index is -4.63. The van der Waals surface area contributed by atoms with Crippen molar-refractivity contribution in [1.29, 1.82) is 0 Å². The zero-order valence-corrected chi connectivity index (χ0v) is 19.9. The first-order chi connectivity index (χ1) is 16.4. The molecule has 2 aromatic carbocycles. The summed E-state index contributed by atoms with van der Waals surface area (Å²) in [6, 6.07) is 11.5. The van der Waals surface area contributed by atoms with Crippen molar-refractivity contribution >= 4 is 22.0 Å². The van der Waals surface area contributed by atoms with Crippen molar-refractivity contribution in [3.63, 3.8) is 0 Å². The van der Waals surface area contributed by atoms with Gasteiger partial charge in [0.15, 0.2) is 6.23 Å². The van der Waals surface area contributed by atoms with E-state index in [-0.39, 0.29) is 24.3 Å². The Bertz CT molecular complexity index is 1150. The molecule has 1 aliphatic heterocycles. The van der Waals surface area contributed by atoms with Crippen LogP contribution in [0.5, 0.6) is 0 Å². The Morgan fingerprint density at radius 1 is 0.943 bits per heavy atom. The van der Waals surface area contributed by atoms with Crippen LogP contribution in [0.3, 0.4) is 0 Å². The fourth-order valence-corrected chi connectivity index (χ4v) is 5.26. The summed E-state index contributed by atoms with van der Waals surface area (Å²) in [5.41, 5.74) is -3.36. The monoisotopic (exact) mass is 515 g/mol. The van der Waals surface area contributed by atoms with E-state index in [1.807, 2.05) is 0 Å². The van der Waals surface area contributed by atoms with Crippen LogP contribution in [0, 0.1) is 0 Å². The molecule has 0 aromatic heterocycles. The molecular weight excluding hydrogens is 491 g/mol. The number of carbonyl (C=O) groups is 2. The van der Waals surface area contributed by atoms with Crippen LogP contribution >= 0.6 is 0 Å². The quantitative estimate of drug-likeness (QED) is 0.410. The normalized spacial score (nSPS) is 20.4. The predicted molar refractivity (Wildman–Crippen MR) is 117 cm³/mol. The van der Waals surface area contributed by atoms with E-state index < -0.39 is 51.6 Å². The van der Waals surface area contributed by atoms with E-state index in [1.165, 1.54) is 26.0 Å². The number of esters is 2. The molecule has 35 heavy (non-hydrogen) atoms. The number of hydrogen-bond acceptors (Lipinski definition) is 7. The molecule has 12 heteroatoms. The van der Waals surface area contributed by atoms with Crippen molar-refractivity contribution in [3.8, 4) is 0 Å². The maximum Gasteiger partial charge on any atom is 0.416 e. The molecule has 1 aliphatic rings. The number of nitrogens with zero attached hydrogens (tertiary/aromatic N) is 1. The second kappa shape index (κ2) is 9.96. The molecule has 2 aromatic rings. The van der Waals surface area contributed by atoms with Gasteiger partial charge in [0.1, 0.15) is 6.10 Å². The summed E-state index contributed by atoms with van der Waals surface area (Å²) < 4.78 is 82.3. The van der Waals surface area contributed by atoms with Crippen molar-refractivity contribution in [2.24, 2.45) is 0 Å². The molecule has 0 radical (unpaired) electrons. The van der Waals surface area contributed by atoms with Gasteiger partial charge in [-0.25, -0.2) is 18.0 Å². The maximum atomic E-state index is 13.4. The molecule has 190 valence electrons. The van der Waals surface area contributed by atoms with Crippen LogP contribution in [0.25, 0.3) is 0 Å². The average molecular weight is 516 g/mol. The van der Waals surface area contributed by atoms with Gasteiger partial charge in [0.2, 0.25) is 10.0 Å². The fraction of sp³-hybridized carbons (Fsp3) is 0.391. The van der Waals surface area contributed by atoms with Crippen LogP contribution in [0.1, 0.15) is 42.9 Å². The van der Waals surface area contributed by atoms with E-state index in [1.54, 1.807) is 18.2 Å². The van der Waals surface area contributed by atoms with Crippen molar-refractivity contribution in [2.45, 2.75) is 37.9 Å². The van der Waals surface area contributed by atoms with Crippen molar-refractivity contribution < 1.29 is 45.4 Å². The highest BCUT2D eigenvalue weighted by Gasteiger charge is 2.70. The molecule has 0 spiro atoms. The SMILES string of the molecule is CCOC(=O)C1(C(=O)OCC)[C@H](c2ccccc2)O[C@H](c2ccc(C(F)(F)F)cc2)N1S(C)(=O)=O. The second-order valence-electron chi connectivity index (χ2n) is 7.67. The van der Waals surface area contributed by atoms with Crippen molar-refractivity contribution in [3.05, 3.63) is 71.3 Å². The number of hydrogen-bond donors (Lipinski definition) is 0. The fourth-order valence-electron chi connectivity index (χ4n) is 3.98. The third-order valence-electron chi connectivity index (χ3n) is 5.36. The molecule has 1 fully saturated rings. The minimum absolute atomic E-state index is 0.0279. The number of alkyl halides is 3. The Kier molecular flexibility index (Phi) is 7.58. The first-order valence-electron chi connectivity index (χ1n) is 10.6. The zero-order chi connectivity index (χ0) is 26.0. The van der Waals surface area contributed by atoms with Gasteiger partial charge in [-0.15, -0.1) is 4.31 Å². The molecule has 0 bridgehead atoms. The van der Waals surface area contributed by atoms with Crippen LogP contribution < -0.4 is 0 Å². The smallest absolute Gasteiger partial charge is 0.416 e. The van der Waals surface area contributed by atoms with Gasteiger partial charge in [-0.05, 0) is 37.1 Å². The van der Waals surface area contributed by atoms with E-state index in [4.69, 9.17) is 14.2 Å². The number of sulfonamides is 1. The standard InChI is InChI=1S/C23H24F3NO7S/c1-4-32-20(28)22(21(29)33-5-2)18(15-9-7-6-8-10-15)34-19(27(22)35(3,30)31)16-11-13-17(14-12-16)23(24,25)26/h6-14,18-19H,4-5H2,1-3H3/t18-,19+/m0/s1. The van der Waals surface area contributed by atoms with Gasteiger partial charge < -0.3 is 14.2 Å². The Labute approximate surface area is 200 Å². The van der Waals surface area contributed by atoms with Gasteiger partial charge in [0.25, 0.3) is 5.54 Å². The number of halogens is 3. The molecule has 3 rings (SSSR count). The van der Waals surface area contributed by atoms with Crippen LogP contribution in [-0.4, -0.2) is 49.7 Å². The minimum Gasteiger partial charge on any atom is -0.464 e. The highest BCUT2D eigenvalue weighted by Crippen LogP contribution is 2.52. The molecule has 8 nitrogen and oxygen atoms in total. The van der Waals surface area contributed by atoms with Crippen molar-refractivity contribution in [1.82, 2.24) is 4.31 Å². The molecular formula is C23H24F3NO7S. The average Bonchev–Trinajstić information content (AvgIpc) is 3.17. The summed E-state index contributed by atoms with van der Waals surface area (Å²) in [5.74, 6) is -2.46. The highest BCUT2D eigenvalue weighted by molar-refractivity contribution is 7.88. The Morgan fingerprint density at radius 2 is 1.46 bits per heavy atom. The van der Waals surface area contributed by atoms with Gasteiger partial charge in [0, 0.05) is 0 Å². The number of rotatable bonds is 7. The molecule has 1 heterocycles. The van der Waals surface area contributed by atoms with Gasteiger partial charge >= 0.3 is 18.1 Å². The largest absolute Gasteiger partial charge is 0.464 e. The summed E-state index contributed by atoms with van der Waals surface area (Å²) in [4.78, 5) is 26.9. The van der Waals surface area contributed by atoms with Gasteiger partial charge in [0.05, 0.1) is 25.0 Å². The first-order valence-corrected chi connectivity index (χ1v) is 12.4. The topological polar surface area (TPSA) is 99.2 Å². The molecule has 0 N–H and O–H groups in total. The lowest BCUT2D eigenvalue weighted by Gasteiger charge is -2.35. The van der Waals surface area contributed by atoms with Crippen molar-refractivity contribution in [2.75, 3.05) is 19.5 Å². The lowest BCUT2D eigenvalue weighted by atomic mass is 9.88. The number of benzene rings is 2. The maximum absolute atomic E-state index is 13.4. The van der Waals surface area contributed by atoms with E-state index >= 15 is 0 Å². The third-order valence-corrected chi connectivity index (χ3v) is 6.56. The number of ether oxygens (including phenoxy) is 3. The van der Waals surface area contributed by atoms with Crippen LogP contribution in [0.4, 0.5) is 13.2 Å². The number of carbonyl (C=O) groups excluding carboxylic acids is 2. The first kappa shape index (κ1) is 26.6. The summed E-state index contributed by atoms with van der Waals surface area (Å²) in [5, 5.41) is 0. The lowest BCUT2D eigenvalue weighted by Crippen LogP contribution is -2.62. The Morgan fingerprint density at radius 3 is 1.89 bits per heavy atom. The molecule has 1 saturated heterocycles. The van der Waals surface area contributed by atoms with Crippen LogP contribution in [0.15, 0.2) is 54.6 Å². The van der Waals surface area contributed by atoms with Crippen LogP contribution in [-0.2, 0) is 40.0 Å². The van der Waals surface area contributed by atoms with E-state index in [0.29, 0.717) is 4.31 Å². The van der Waals surface area contributed by atoms with E-state index in [9.17, 15) is 31.2 Å². The third kappa shape index (κ3) is 4.91. The lowest BCUT2D eigenvalue weighted by molar-refractivity contribution is -0.172. The Balaban J connectivity index is 2.31. The van der Waals surface area contributed by atoms with Crippen LogP contribution in [0.2, 0.25) is 0 Å². The Hall–Kier alpha value is -2.96. The second-order valence-corrected chi connectivity index (χ2v) is 9.52. The molecule has 2 atom stereocenters. The van der Waals surface area contributed by atoms with E-state index in [0.717, 1.165) is 30.5 Å². The van der Waals surface area contributed by atoms with Gasteiger partial charge in [-0.3, -0.25) is 0 Å². The van der Waals surface area contributed by atoms with Gasteiger partial charge in [-0.2, -0.15) is 13.2 Å². The zero-order valence-electron chi connectivity index (χ0n) is 19.1. The van der Waals surface area contributed by atoms with E-state index in [2.05, 4.69) is 0 Å². The van der Waals surface area contributed by atoms with Gasteiger partial charge in [-0.1, -0.05) is 42.5 Å². The summed E-state index contributed by atoms with van der Waals surface area (Å²) >= 11 is 0. The summed E-state index contributed by atoms with van der Waals surface area (Å²) in [7, 11) is -4.43. The molecule has 0 saturated carbocycles. The summed E-state index contributed by atoms with van der Waals surface area (Å²) in [6.45, 7) is 2.57. The molecule has 0 aliphatic carbocycles.